The van der Waals surface area contributed by atoms with E-state index in [-0.39, 0.29) is 12.4 Å². The van der Waals surface area contributed by atoms with E-state index in [9.17, 15) is 31.5 Å². The van der Waals surface area contributed by atoms with Crippen LogP contribution in [-0.2, 0) is 19.1 Å². The summed E-state index contributed by atoms with van der Waals surface area (Å²) in [6.45, 7) is 1.68. The second kappa shape index (κ2) is 18.0. The predicted molar refractivity (Wildman–Crippen MR) is 119 cm³/mol. The quantitative estimate of drug-likeness (QED) is 0.0663. The minimum atomic E-state index is -2.27. The minimum absolute atomic E-state index is 0.132. The topological polar surface area (TPSA) is 61.8 Å². The Morgan fingerprint density at radius 2 is 0.971 bits per heavy atom. The lowest BCUT2D eigenvalue weighted by Crippen LogP contribution is -2.14. The Kier molecular flexibility index (Phi) is 15.7. The molecule has 0 spiro atoms. The smallest absolute Gasteiger partial charge is 0.305 e. The van der Waals surface area contributed by atoms with Crippen LogP contribution in [0.25, 0.3) is 0 Å². The van der Waals surface area contributed by atoms with Crippen molar-refractivity contribution >= 4 is 11.9 Å². The van der Waals surface area contributed by atoms with E-state index in [4.69, 9.17) is 9.47 Å². The number of carbonyl (C=O) groups is 2. The second-order valence-electron chi connectivity index (χ2n) is 8.22. The fraction of sp³-hybridized carbons (Fsp3) is 0.680. The van der Waals surface area contributed by atoms with Crippen LogP contribution in [0.15, 0.2) is 0 Å². The number of hydrogen-bond donors (Lipinski definition) is 0. The van der Waals surface area contributed by atoms with E-state index in [1.807, 2.05) is 0 Å². The maximum atomic E-state index is 13.5. The van der Waals surface area contributed by atoms with E-state index in [2.05, 4.69) is 11.7 Å². The molecule has 0 saturated carbocycles. The highest BCUT2D eigenvalue weighted by atomic mass is 19.2. The lowest BCUT2D eigenvalue weighted by atomic mass is 10.1. The van der Waals surface area contributed by atoms with Gasteiger partial charge < -0.3 is 14.2 Å². The van der Waals surface area contributed by atoms with Crippen LogP contribution < -0.4 is 4.74 Å². The number of carbonyl (C=O) groups excluding carboxylic acids is 2. The highest BCUT2D eigenvalue weighted by molar-refractivity contribution is 5.69. The number of unbranched alkanes of at least 4 members (excludes halogenated alkanes) is 9. The summed E-state index contributed by atoms with van der Waals surface area (Å²) < 4.78 is 80.7. The normalized spacial score (nSPS) is 10.9. The Bertz CT molecular complexity index is 759. The molecule has 0 aliphatic carbocycles. The molecule has 0 fully saturated rings. The second-order valence-corrected chi connectivity index (χ2v) is 8.22. The van der Waals surface area contributed by atoms with Crippen molar-refractivity contribution in [1.29, 1.82) is 0 Å². The van der Waals surface area contributed by atoms with Crippen LogP contribution in [0.2, 0.25) is 0 Å². The van der Waals surface area contributed by atoms with E-state index in [0.29, 0.717) is 19.4 Å². The van der Waals surface area contributed by atoms with Crippen molar-refractivity contribution in [2.24, 2.45) is 0 Å². The first-order chi connectivity index (χ1) is 16.8. The molecule has 0 unspecified atom stereocenters. The number of hydrogen-bond acceptors (Lipinski definition) is 5. The Labute approximate surface area is 203 Å². The summed E-state index contributed by atoms with van der Waals surface area (Å²) in [6, 6.07) is 0. The molecule has 0 radical (unpaired) electrons. The van der Waals surface area contributed by atoms with E-state index in [1.165, 1.54) is 19.3 Å². The molecule has 5 nitrogen and oxygen atoms in total. The monoisotopic (exact) mass is 510 g/mol. The van der Waals surface area contributed by atoms with Gasteiger partial charge in [0.2, 0.25) is 29.1 Å². The van der Waals surface area contributed by atoms with Gasteiger partial charge in [-0.15, -0.1) is 0 Å². The number of benzene rings is 1. The summed E-state index contributed by atoms with van der Waals surface area (Å²) in [6.07, 6.45) is 10.9. The number of halogens is 5. The summed E-state index contributed by atoms with van der Waals surface area (Å²) in [5, 5.41) is 0. The molecular formula is C25H35F5O5. The number of esters is 2. The van der Waals surface area contributed by atoms with Gasteiger partial charge in [0, 0.05) is 12.8 Å². The molecule has 10 heteroatoms. The number of rotatable bonds is 19. The van der Waals surface area contributed by atoms with Gasteiger partial charge in [-0.25, -0.2) is 13.2 Å². The molecular weight excluding hydrogens is 475 g/mol. The molecule has 0 saturated heterocycles. The molecule has 1 aromatic rings. The van der Waals surface area contributed by atoms with Crippen LogP contribution in [0.1, 0.15) is 90.4 Å². The van der Waals surface area contributed by atoms with Crippen molar-refractivity contribution in [1.82, 2.24) is 0 Å². The molecule has 0 bridgehead atoms. The third kappa shape index (κ3) is 12.2. The molecule has 200 valence electrons. The Morgan fingerprint density at radius 3 is 1.51 bits per heavy atom. The zero-order chi connectivity index (χ0) is 26.1. The van der Waals surface area contributed by atoms with Gasteiger partial charge in [0.1, 0.15) is 13.2 Å². The van der Waals surface area contributed by atoms with Crippen molar-refractivity contribution in [2.75, 3.05) is 19.8 Å². The molecule has 0 aliphatic heterocycles. The molecule has 1 aromatic carbocycles. The van der Waals surface area contributed by atoms with Crippen LogP contribution >= 0.6 is 0 Å². The van der Waals surface area contributed by atoms with Gasteiger partial charge in [0.15, 0.2) is 5.75 Å². The fourth-order valence-electron chi connectivity index (χ4n) is 3.29. The zero-order valence-electron chi connectivity index (χ0n) is 20.2. The van der Waals surface area contributed by atoms with Crippen LogP contribution in [0, 0.1) is 29.1 Å². The van der Waals surface area contributed by atoms with Crippen molar-refractivity contribution in [3.05, 3.63) is 29.1 Å². The molecule has 0 heterocycles. The summed E-state index contributed by atoms with van der Waals surface area (Å²) in [5.74, 6) is -12.8. The SMILES string of the molecule is CCCCCCCOC(=O)CCCCCCCCC(=O)OCCOc1c(F)c(F)c(F)c(F)c1F. The summed E-state index contributed by atoms with van der Waals surface area (Å²) in [7, 11) is 0. The largest absolute Gasteiger partial charge is 0.484 e. The Balaban J connectivity index is 2.01. The average molecular weight is 511 g/mol. The maximum Gasteiger partial charge on any atom is 0.305 e. The molecule has 35 heavy (non-hydrogen) atoms. The van der Waals surface area contributed by atoms with E-state index < -0.39 is 54.0 Å². The van der Waals surface area contributed by atoms with E-state index >= 15 is 0 Å². The first kappa shape index (κ1) is 30.6. The Morgan fingerprint density at radius 1 is 0.543 bits per heavy atom. The van der Waals surface area contributed by atoms with Crippen molar-refractivity contribution in [3.63, 3.8) is 0 Å². The molecule has 0 amide bonds. The summed E-state index contributed by atoms with van der Waals surface area (Å²) in [5.41, 5.74) is 0. The van der Waals surface area contributed by atoms with Gasteiger partial charge >= 0.3 is 11.9 Å². The molecule has 0 aliphatic rings. The number of ether oxygens (including phenoxy) is 3. The first-order valence-electron chi connectivity index (χ1n) is 12.2. The predicted octanol–water partition coefficient (Wildman–Crippen LogP) is 6.94. The van der Waals surface area contributed by atoms with Crippen LogP contribution in [0.3, 0.4) is 0 Å². The average Bonchev–Trinajstić information content (AvgIpc) is 2.84. The zero-order valence-corrected chi connectivity index (χ0v) is 20.2. The van der Waals surface area contributed by atoms with Crippen LogP contribution in [-0.4, -0.2) is 31.8 Å². The standard InChI is InChI=1S/C25H35F5O5/c1-2-3-4-9-12-15-33-18(31)13-10-7-5-6-8-11-14-19(32)34-16-17-35-25-23(29)21(27)20(26)22(28)24(25)30/h2-17H2,1H3. The van der Waals surface area contributed by atoms with E-state index in [1.54, 1.807) is 0 Å². The maximum absolute atomic E-state index is 13.5. The van der Waals surface area contributed by atoms with Crippen molar-refractivity contribution in [2.45, 2.75) is 90.4 Å². The molecule has 1 rings (SSSR count). The third-order valence-electron chi connectivity index (χ3n) is 5.29. The van der Waals surface area contributed by atoms with E-state index in [0.717, 1.165) is 44.9 Å². The lowest BCUT2D eigenvalue weighted by Gasteiger charge is -2.10. The van der Waals surface area contributed by atoms with Crippen molar-refractivity contribution < 1.29 is 45.8 Å². The van der Waals surface area contributed by atoms with Gasteiger partial charge in [0.05, 0.1) is 6.61 Å². The van der Waals surface area contributed by atoms with Gasteiger partial charge in [-0.1, -0.05) is 58.3 Å². The van der Waals surface area contributed by atoms with Gasteiger partial charge in [-0.2, -0.15) is 8.78 Å². The van der Waals surface area contributed by atoms with Gasteiger partial charge in [0.25, 0.3) is 0 Å². The van der Waals surface area contributed by atoms with Crippen LogP contribution in [0.5, 0.6) is 5.75 Å². The van der Waals surface area contributed by atoms with Gasteiger partial charge in [-0.3, -0.25) is 9.59 Å². The highest BCUT2D eigenvalue weighted by Crippen LogP contribution is 2.29. The van der Waals surface area contributed by atoms with Gasteiger partial charge in [-0.05, 0) is 19.3 Å². The molecule has 0 aromatic heterocycles. The van der Waals surface area contributed by atoms with Crippen LogP contribution in [0.4, 0.5) is 22.0 Å². The Hall–Kier alpha value is -2.39. The molecule has 0 N–H and O–H groups in total. The first-order valence-corrected chi connectivity index (χ1v) is 12.2. The lowest BCUT2D eigenvalue weighted by molar-refractivity contribution is -0.145. The molecule has 0 atom stereocenters. The summed E-state index contributed by atoms with van der Waals surface area (Å²) in [4.78, 5) is 23.3. The van der Waals surface area contributed by atoms with Crippen molar-refractivity contribution in [3.8, 4) is 5.75 Å². The minimum Gasteiger partial charge on any atom is -0.484 e. The third-order valence-corrected chi connectivity index (χ3v) is 5.29. The summed E-state index contributed by atoms with van der Waals surface area (Å²) >= 11 is 0. The fourth-order valence-corrected chi connectivity index (χ4v) is 3.29. The highest BCUT2D eigenvalue weighted by Gasteiger charge is 2.27.